The van der Waals surface area contributed by atoms with Gasteiger partial charge < -0.3 is 4.90 Å². The summed E-state index contributed by atoms with van der Waals surface area (Å²) in [6.07, 6.45) is -4.81. The molecule has 1 heterocycles. The fraction of sp³-hybridized carbons (Fsp3) is 0.176. The summed E-state index contributed by atoms with van der Waals surface area (Å²) in [5, 5.41) is 11.0. The molecule has 2 aromatic carbocycles. The number of nitro benzene ring substituents is 1. The molecule has 1 aromatic heterocycles. The molecule has 27 heavy (non-hydrogen) atoms. The highest BCUT2D eigenvalue weighted by molar-refractivity contribution is 7.22. The van der Waals surface area contributed by atoms with E-state index < -0.39 is 33.3 Å². The fourth-order valence-electron chi connectivity index (χ4n) is 2.53. The highest BCUT2D eigenvalue weighted by Gasteiger charge is 2.34. The summed E-state index contributed by atoms with van der Waals surface area (Å²) in [6, 6.07) is 10.3. The van der Waals surface area contributed by atoms with E-state index in [2.05, 4.69) is 4.98 Å². The Hall–Kier alpha value is -3.01. The number of benzene rings is 2. The van der Waals surface area contributed by atoms with E-state index in [1.165, 1.54) is 0 Å². The molecule has 0 N–H and O–H groups in total. The van der Waals surface area contributed by atoms with Crippen molar-refractivity contribution < 1.29 is 18.1 Å². The largest absolute Gasteiger partial charge is 0.416 e. The molecule has 0 saturated heterocycles. The minimum absolute atomic E-state index is 0.136. The van der Waals surface area contributed by atoms with Gasteiger partial charge in [0.05, 0.1) is 15.9 Å². The first kappa shape index (κ1) is 18.8. The molecule has 0 amide bonds. The van der Waals surface area contributed by atoms with Gasteiger partial charge in [0, 0.05) is 19.7 Å². The van der Waals surface area contributed by atoms with E-state index in [1.807, 2.05) is 30.3 Å². The van der Waals surface area contributed by atoms with Gasteiger partial charge in [0.25, 0.3) is 11.2 Å². The third-order valence-electron chi connectivity index (χ3n) is 3.80. The van der Waals surface area contributed by atoms with Crippen LogP contribution in [0.25, 0.3) is 10.1 Å². The number of alkyl halides is 3. The first-order chi connectivity index (χ1) is 12.7. The number of anilines is 1. The molecule has 0 aliphatic rings. The topological polar surface area (TPSA) is 76.3 Å². The molecule has 0 saturated carbocycles. The molecule has 0 atom stereocenters. The predicted molar refractivity (Wildman–Crippen MR) is 96.1 cm³/mol. The maximum Gasteiger partial charge on any atom is 0.416 e. The molecule has 140 valence electrons. The second-order valence-electron chi connectivity index (χ2n) is 5.77. The first-order valence-corrected chi connectivity index (χ1v) is 8.44. The number of halogens is 3. The van der Waals surface area contributed by atoms with Crippen LogP contribution in [0.2, 0.25) is 0 Å². The maximum absolute atomic E-state index is 13.0. The quantitative estimate of drug-likeness (QED) is 0.488. The Bertz CT molecular complexity index is 1070. The second kappa shape index (κ2) is 6.95. The third kappa shape index (κ3) is 3.90. The Labute approximate surface area is 154 Å². The van der Waals surface area contributed by atoms with Crippen molar-refractivity contribution in [2.75, 3.05) is 11.9 Å². The summed E-state index contributed by atoms with van der Waals surface area (Å²) in [7, 11) is 1.65. The Morgan fingerprint density at radius 3 is 2.48 bits per heavy atom. The lowest BCUT2D eigenvalue weighted by Gasteiger charge is -2.17. The van der Waals surface area contributed by atoms with Crippen molar-refractivity contribution in [2.45, 2.75) is 12.7 Å². The van der Waals surface area contributed by atoms with Gasteiger partial charge in [-0.05, 0) is 11.6 Å². The van der Waals surface area contributed by atoms with Gasteiger partial charge in [0.15, 0.2) is 5.13 Å². The lowest BCUT2D eigenvalue weighted by molar-refractivity contribution is -0.383. The Balaban J connectivity index is 2.14. The van der Waals surface area contributed by atoms with Gasteiger partial charge in [-0.3, -0.25) is 14.9 Å². The van der Waals surface area contributed by atoms with Crippen LogP contribution in [0.4, 0.5) is 24.0 Å². The van der Waals surface area contributed by atoms with E-state index in [4.69, 9.17) is 0 Å². The molecule has 0 spiro atoms. The lowest BCUT2D eigenvalue weighted by atomic mass is 10.1. The van der Waals surface area contributed by atoms with Gasteiger partial charge in [-0.15, -0.1) is 0 Å². The standard InChI is InChI=1S/C17H12F3N3O3S/c1-22(9-10-5-3-2-4-6-10)16-21-15(24)12-7-11(17(18,19)20)8-13(23(25)26)14(12)27-16/h2-8H,9H2,1H3. The molecular weight excluding hydrogens is 383 g/mol. The van der Waals surface area contributed by atoms with Crippen molar-refractivity contribution in [3.05, 3.63) is 74.1 Å². The van der Waals surface area contributed by atoms with Crippen molar-refractivity contribution in [1.29, 1.82) is 0 Å². The molecular formula is C17H12F3N3O3S. The molecule has 0 bridgehead atoms. The molecule has 0 aliphatic heterocycles. The number of nitrogens with zero attached hydrogens (tertiary/aromatic N) is 3. The molecule has 10 heteroatoms. The minimum atomic E-state index is -4.81. The number of fused-ring (bicyclic) bond motifs is 1. The maximum atomic E-state index is 13.0. The summed E-state index contributed by atoms with van der Waals surface area (Å²) < 4.78 is 38.8. The third-order valence-corrected chi connectivity index (χ3v) is 5.02. The SMILES string of the molecule is CN(Cc1ccccc1)c1nc(=O)c2cc(C(F)(F)F)cc([N+](=O)[O-])c2s1. The zero-order chi connectivity index (χ0) is 19.8. The number of hydrogen-bond donors (Lipinski definition) is 0. The predicted octanol–water partition coefficient (Wildman–Crippen LogP) is 4.22. The Morgan fingerprint density at radius 2 is 1.89 bits per heavy atom. The normalized spacial score (nSPS) is 11.6. The molecule has 0 radical (unpaired) electrons. The number of nitro groups is 1. The summed E-state index contributed by atoms with van der Waals surface area (Å²) in [5.41, 5.74) is -2.03. The van der Waals surface area contributed by atoms with Crippen molar-refractivity contribution in [3.8, 4) is 0 Å². The van der Waals surface area contributed by atoms with Gasteiger partial charge in [0.1, 0.15) is 4.70 Å². The van der Waals surface area contributed by atoms with Crippen LogP contribution >= 0.6 is 11.3 Å². The number of aromatic nitrogens is 1. The van der Waals surface area contributed by atoms with Crippen molar-refractivity contribution in [3.63, 3.8) is 0 Å². The molecule has 6 nitrogen and oxygen atoms in total. The monoisotopic (exact) mass is 395 g/mol. The van der Waals surface area contributed by atoms with E-state index in [0.29, 0.717) is 18.7 Å². The van der Waals surface area contributed by atoms with Crippen molar-refractivity contribution in [1.82, 2.24) is 4.98 Å². The van der Waals surface area contributed by atoms with Crippen LogP contribution in [-0.2, 0) is 12.7 Å². The smallest absolute Gasteiger partial charge is 0.347 e. The molecule has 0 unspecified atom stereocenters. The first-order valence-electron chi connectivity index (χ1n) is 7.62. The van der Waals surface area contributed by atoms with E-state index >= 15 is 0 Å². The Kier molecular flexibility index (Phi) is 4.83. The van der Waals surface area contributed by atoms with Crippen molar-refractivity contribution >= 4 is 32.2 Å². The summed E-state index contributed by atoms with van der Waals surface area (Å²) in [6.45, 7) is 0.379. The van der Waals surface area contributed by atoms with Crippen LogP contribution < -0.4 is 10.5 Å². The van der Waals surface area contributed by atoms with Crippen LogP contribution in [0.1, 0.15) is 11.1 Å². The zero-order valence-electron chi connectivity index (χ0n) is 13.9. The molecule has 3 aromatic rings. The van der Waals surface area contributed by atoms with Gasteiger partial charge in [0.2, 0.25) is 0 Å². The number of non-ortho nitro benzene ring substituents is 1. The molecule has 0 fully saturated rings. The van der Waals surface area contributed by atoms with Crippen molar-refractivity contribution in [2.24, 2.45) is 0 Å². The van der Waals surface area contributed by atoms with Gasteiger partial charge in [-0.2, -0.15) is 18.2 Å². The van der Waals surface area contributed by atoms with E-state index in [1.54, 1.807) is 11.9 Å². The van der Waals surface area contributed by atoms with E-state index in [0.717, 1.165) is 16.9 Å². The van der Waals surface area contributed by atoms with Crippen LogP contribution in [0.3, 0.4) is 0 Å². The number of rotatable bonds is 4. The zero-order valence-corrected chi connectivity index (χ0v) is 14.7. The average Bonchev–Trinajstić information content (AvgIpc) is 2.60. The summed E-state index contributed by atoms with van der Waals surface area (Å²) in [5.74, 6) is 0. The van der Waals surface area contributed by atoms with Crippen LogP contribution in [0.15, 0.2) is 47.3 Å². The van der Waals surface area contributed by atoms with E-state index in [-0.39, 0.29) is 9.83 Å². The van der Waals surface area contributed by atoms with Gasteiger partial charge in [-0.1, -0.05) is 41.7 Å². The fourth-order valence-corrected chi connectivity index (χ4v) is 3.55. The lowest BCUT2D eigenvalue weighted by Crippen LogP contribution is -2.20. The summed E-state index contributed by atoms with van der Waals surface area (Å²) >= 11 is 0.808. The highest BCUT2D eigenvalue weighted by Crippen LogP contribution is 2.38. The summed E-state index contributed by atoms with van der Waals surface area (Å²) in [4.78, 5) is 28.1. The van der Waals surface area contributed by atoms with Crippen LogP contribution in [0, 0.1) is 10.1 Å². The molecule has 0 aliphatic carbocycles. The van der Waals surface area contributed by atoms with E-state index in [9.17, 15) is 28.1 Å². The van der Waals surface area contributed by atoms with Crippen LogP contribution in [-0.4, -0.2) is 17.0 Å². The van der Waals surface area contributed by atoms with Gasteiger partial charge >= 0.3 is 6.18 Å². The van der Waals surface area contributed by atoms with Crippen LogP contribution in [0.5, 0.6) is 0 Å². The molecule has 3 rings (SSSR count). The number of hydrogen-bond acceptors (Lipinski definition) is 6. The minimum Gasteiger partial charge on any atom is -0.347 e. The Morgan fingerprint density at radius 1 is 1.22 bits per heavy atom. The van der Waals surface area contributed by atoms with Gasteiger partial charge in [-0.25, -0.2) is 0 Å². The average molecular weight is 395 g/mol. The highest BCUT2D eigenvalue weighted by atomic mass is 32.1. The second-order valence-corrected chi connectivity index (χ2v) is 6.75.